The Labute approximate surface area is 127 Å². The van der Waals surface area contributed by atoms with Crippen LogP contribution in [0.2, 0.25) is 0 Å². The normalized spacial score (nSPS) is 18.0. The zero-order valence-corrected chi connectivity index (χ0v) is 13.7. The first-order valence-corrected chi connectivity index (χ1v) is 8.66. The lowest BCUT2D eigenvalue weighted by molar-refractivity contribution is 0.0489. The average Bonchev–Trinajstić information content (AvgIpc) is 2.34. The van der Waals surface area contributed by atoms with Gasteiger partial charge in [0.05, 0.1) is 5.75 Å². The van der Waals surface area contributed by atoms with Gasteiger partial charge < -0.3 is 10.1 Å². The van der Waals surface area contributed by atoms with Crippen molar-refractivity contribution in [3.63, 3.8) is 0 Å². The summed E-state index contributed by atoms with van der Waals surface area (Å²) in [4.78, 5) is 11.7. The molecule has 0 spiro atoms. The van der Waals surface area contributed by atoms with Crippen LogP contribution in [0.4, 0.5) is 4.79 Å². The summed E-state index contributed by atoms with van der Waals surface area (Å²) in [7, 11) is -3.28. The van der Waals surface area contributed by atoms with Crippen molar-refractivity contribution >= 4 is 16.1 Å². The van der Waals surface area contributed by atoms with E-state index in [1.165, 1.54) is 4.31 Å². The van der Waals surface area contributed by atoms with E-state index in [-0.39, 0.29) is 18.2 Å². The third-order valence-electron chi connectivity index (χ3n) is 3.07. The molecule has 1 amide bonds. The Morgan fingerprint density at radius 2 is 1.95 bits per heavy atom. The Morgan fingerprint density at radius 3 is 2.43 bits per heavy atom. The number of sulfonamides is 1. The smallest absolute Gasteiger partial charge is 0.407 e. The zero-order chi connectivity index (χ0) is 16.1. The number of alkyl carbamates (subject to hydrolysis) is 1. The number of nitrogens with one attached hydrogen (secondary N) is 1. The molecule has 0 aromatic rings. The van der Waals surface area contributed by atoms with Crippen LogP contribution in [0.1, 0.15) is 40.0 Å². The quantitative estimate of drug-likeness (QED) is 0.794. The SMILES string of the molecule is C#CCCS(=O)(=O)N1CCC(NC(=O)OC(C)(C)C)CC1. The van der Waals surface area contributed by atoms with Crippen molar-refractivity contribution in [2.75, 3.05) is 18.8 Å². The van der Waals surface area contributed by atoms with Gasteiger partial charge in [-0.15, -0.1) is 12.3 Å². The van der Waals surface area contributed by atoms with Gasteiger partial charge in [-0.05, 0) is 33.6 Å². The van der Waals surface area contributed by atoms with Crippen LogP contribution < -0.4 is 5.32 Å². The second-order valence-corrected chi connectivity index (χ2v) is 8.18. The Morgan fingerprint density at radius 1 is 1.38 bits per heavy atom. The fourth-order valence-electron chi connectivity index (χ4n) is 2.07. The van der Waals surface area contributed by atoms with E-state index in [4.69, 9.17) is 11.2 Å². The van der Waals surface area contributed by atoms with Gasteiger partial charge in [-0.3, -0.25) is 0 Å². The van der Waals surface area contributed by atoms with E-state index in [0.717, 1.165) is 0 Å². The van der Waals surface area contributed by atoms with Gasteiger partial charge in [0, 0.05) is 25.6 Å². The predicted octanol–water partition coefficient (Wildman–Crippen LogP) is 1.33. The summed E-state index contributed by atoms with van der Waals surface area (Å²) in [5, 5.41) is 2.78. The van der Waals surface area contributed by atoms with Gasteiger partial charge >= 0.3 is 6.09 Å². The Bertz CT molecular complexity index is 494. The summed E-state index contributed by atoms with van der Waals surface area (Å²) >= 11 is 0. The molecule has 1 saturated heterocycles. The fourth-order valence-corrected chi connectivity index (χ4v) is 3.47. The summed E-state index contributed by atoms with van der Waals surface area (Å²) in [6, 6.07) is -0.0565. The second kappa shape index (κ2) is 7.14. The van der Waals surface area contributed by atoms with Crippen LogP contribution >= 0.6 is 0 Å². The highest BCUT2D eigenvalue weighted by Crippen LogP contribution is 2.16. The third kappa shape index (κ3) is 6.36. The molecule has 1 rings (SSSR count). The lowest BCUT2D eigenvalue weighted by atomic mass is 10.1. The molecular weight excluding hydrogens is 292 g/mol. The highest BCUT2D eigenvalue weighted by Gasteiger charge is 2.29. The fraction of sp³-hybridized carbons (Fsp3) is 0.786. The topological polar surface area (TPSA) is 75.7 Å². The number of hydrogen-bond donors (Lipinski definition) is 1. The minimum absolute atomic E-state index is 0.0202. The number of rotatable bonds is 4. The number of piperidine rings is 1. The van der Waals surface area contributed by atoms with E-state index in [1.54, 1.807) is 20.8 Å². The summed E-state index contributed by atoms with van der Waals surface area (Å²) in [6.45, 7) is 6.19. The number of carbonyl (C=O) groups excluding carboxylic acids is 1. The molecule has 0 aromatic carbocycles. The van der Waals surface area contributed by atoms with E-state index in [0.29, 0.717) is 25.9 Å². The number of amides is 1. The number of terminal acetylenes is 1. The molecule has 0 aliphatic carbocycles. The van der Waals surface area contributed by atoms with Gasteiger partial charge in [0.15, 0.2) is 0 Å². The molecule has 0 bridgehead atoms. The molecule has 1 heterocycles. The molecule has 0 atom stereocenters. The first-order chi connectivity index (χ1) is 9.64. The number of nitrogens with zero attached hydrogens (tertiary/aromatic N) is 1. The van der Waals surface area contributed by atoms with Crippen molar-refractivity contribution in [3.05, 3.63) is 0 Å². The molecule has 120 valence electrons. The Kier molecular flexibility index (Phi) is 6.05. The van der Waals surface area contributed by atoms with Crippen molar-refractivity contribution in [1.29, 1.82) is 0 Å². The van der Waals surface area contributed by atoms with Gasteiger partial charge in [-0.1, -0.05) is 0 Å². The lowest BCUT2D eigenvalue weighted by Crippen LogP contribution is -2.48. The molecule has 0 saturated carbocycles. The summed E-state index contributed by atoms with van der Waals surface area (Å²) in [5.41, 5.74) is -0.538. The van der Waals surface area contributed by atoms with Crippen molar-refractivity contribution in [2.45, 2.75) is 51.7 Å². The van der Waals surface area contributed by atoms with Crippen LogP contribution in [-0.2, 0) is 14.8 Å². The first-order valence-electron chi connectivity index (χ1n) is 7.05. The minimum Gasteiger partial charge on any atom is -0.444 e. The molecule has 7 heteroatoms. The second-order valence-electron chi connectivity index (χ2n) is 6.09. The largest absolute Gasteiger partial charge is 0.444 e. The molecule has 1 aliphatic rings. The molecule has 21 heavy (non-hydrogen) atoms. The van der Waals surface area contributed by atoms with Crippen LogP contribution in [0.15, 0.2) is 0 Å². The van der Waals surface area contributed by atoms with Crippen molar-refractivity contribution in [2.24, 2.45) is 0 Å². The molecule has 6 nitrogen and oxygen atoms in total. The predicted molar refractivity (Wildman–Crippen MR) is 81.2 cm³/mol. The molecular formula is C14H24N2O4S. The maximum Gasteiger partial charge on any atom is 0.407 e. The van der Waals surface area contributed by atoms with E-state index >= 15 is 0 Å². The maximum absolute atomic E-state index is 12.0. The maximum atomic E-state index is 12.0. The van der Waals surface area contributed by atoms with Gasteiger partial charge in [0.2, 0.25) is 10.0 Å². The van der Waals surface area contributed by atoms with Crippen LogP contribution in [0.5, 0.6) is 0 Å². The van der Waals surface area contributed by atoms with Gasteiger partial charge in [-0.25, -0.2) is 17.5 Å². The summed E-state index contributed by atoms with van der Waals surface area (Å²) < 4.78 is 30.6. The molecule has 0 unspecified atom stereocenters. The monoisotopic (exact) mass is 316 g/mol. The minimum atomic E-state index is -3.28. The van der Waals surface area contributed by atoms with Gasteiger partial charge in [0.25, 0.3) is 0 Å². The lowest BCUT2D eigenvalue weighted by Gasteiger charge is -2.32. The number of hydrogen-bond acceptors (Lipinski definition) is 4. The van der Waals surface area contributed by atoms with Gasteiger partial charge in [0.1, 0.15) is 5.60 Å². The Hall–Kier alpha value is -1.26. The molecule has 1 aliphatic heterocycles. The van der Waals surface area contributed by atoms with E-state index in [2.05, 4.69) is 11.2 Å². The van der Waals surface area contributed by atoms with Crippen molar-refractivity contribution < 1.29 is 17.9 Å². The molecule has 0 radical (unpaired) electrons. The number of carbonyl (C=O) groups is 1. The summed E-state index contributed by atoms with van der Waals surface area (Å²) in [6.07, 6.45) is 6.01. The molecule has 1 N–H and O–H groups in total. The number of ether oxygens (including phenoxy) is 1. The van der Waals surface area contributed by atoms with Gasteiger partial charge in [-0.2, -0.15) is 0 Å². The average molecular weight is 316 g/mol. The molecule has 1 fully saturated rings. The van der Waals surface area contributed by atoms with Crippen LogP contribution in [0, 0.1) is 12.3 Å². The zero-order valence-electron chi connectivity index (χ0n) is 12.9. The third-order valence-corrected chi connectivity index (χ3v) is 4.94. The van der Waals surface area contributed by atoms with Crippen LogP contribution in [-0.4, -0.2) is 49.3 Å². The van der Waals surface area contributed by atoms with Crippen LogP contribution in [0.3, 0.4) is 0 Å². The summed E-state index contributed by atoms with van der Waals surface area (Å²) in [5.74, 6) is 2.32. The highest BCUT2D eigenvalue weighted by molar-refractivity contribution is 7.89. The van der Waals surface area contributed by atoms with E-state index in [9.17, 15) is 13.2 Å². The van der Waals surface area contributed by atoms with Crippen molar-refractivity contribution in [3.8, 4) is 12.3 Å². The Balaban J connectivity index is 2.42. The van der Waals surface area contributed by atoms with E-state index in [1.807, 2.05) is 0 Å². The standard InChI is InChI=1S/C14H24N2O4S/c1-5-6-11-21(18,19)16-9-7-12(8-10-16)15-13(17)20-14(2,3)4/h1,12H,6-11H2,2-4H3,(H,15,17). The molecule has 0 aromatic heterocycles. The van der Waals surface area contributed by atoms with E-state index < -0.39 is 21.7 Å². The van der Waals surface area contributed by atoms with Crippen molar-refractivity contribution in [1.82, 2.24) is 9.62 Å². The van der Waals surface area contributed by atoms with Crippen LogP contribution in [0.25, 0.3) is 0 Å². The highest BCUT2D eigenvalue weighted by atomic mass is 32.2. The first kappa shape index (κ1) is 17.8.